The summed E-state index contributed by atoms with van der Waals surface area (Å²) in [5.74, 6) is 2.20. The molecule has 1 aromatic carbocycles. The van der Waals surface area contributed by atoms with E-state index in [0.717, 1.165) is 30.5 Å². The molecule has 5 rings (SSSR count). The molecular weight excluding hydrogens is 404 g/mol. The average molecular weight is 429 g/mol. The van der Waals surface area contributed by atoms with Crippen molar-refractivity contribution in [2.24, 2.45) is 4.40 Å². The summed E-state index contributed by atoms with van der Waals surface area (Å²) < 4.78 is 34.2. The van der Waals surface area contributed by atoms with Gasteiger partial charge in [0, 0.05) is 56.6 Å². The minimum Gasteiger partial charge on any atom is -0.378 e. The first-order chi connectivity index (χ1) is 14.5. The number of sulfonamides is 1. The first-order valence-corrected chi connectivity index (χ1v) is 11.6. The molecule has 0 aliphatic carbocycles. The Hall–Kier alpha value is -2.72. The number of ether oxygens (including phenoxy) is 1. The Morgan fingerprint density at radius 1 is 0.900 bits per heavy atom. The number of aryl methyl sites for hydroxylation is 1. The summed E-state index contributed by atoms with van der Waals surface area (Å²) in [6.45, 7) is 7.79. The quantitative estimate of drug-likeness (QED) is 0.697. The van der Waals surface area contributed by atoms with E-state index in [4.69, 9.17) is 9.72 Å². The number of amidine groups is 1. The van der Waals surface area contributed by atoms with Crippen LogP contribution in [0.5, 0.6) is 0 Å². The largest absolute Gasteiger partial charge is 0.378 e. The van der Waals surface area contributed by atoms with Gasteiger partial charge in [0.25, 0.3) is 10.0 Å². The van der Waals surface area contributed by atoms with Crippen LogP contribution in [0.4, 0.5) is 11.8 Å². The van der Waals surface area contributed by atoms with Gasteiger partial charge in [-0.2, -0.15) is 13.4 Å². The number of fused-ring (bicyclic) bond motifs is 1. The van der Waals surface area contributed by atoms with E-state index >= 15 is 0 Å². The van der Waals surface area contributed by atoms with Crippen LogP contribution in [-0.4, -0.2) is 81.6 Å². The number of nitrogens with zero attached hydrogens (tertiary/aromatic N) is 6. The summed E-state index contributed by atoms with van der Waals surface area (Å²) in [5.41, 5.74) is 1.62. The van der Waals surface area contributed by atoms with Crippen molar-refractivity contribution in [2.75, 3.05) is 62.3 Å². The highest BCUT2D eigenvalue weighted by atomic mass is 32.2. The average Bonchev–Trinajstić information content (AvgIpc) is 3.05. The summed E-state index contributed by atoms with van der Waals surface area (Å²) >= 11 is 0. The third-order valence-corrected chi connectivity index (χ3v) is 6.96. The maximum absolute atomic E-state index is 12.4. The molecule has 0 bridgehead atoms. The number of morpholine rings is 1. The molecule has 10 heteroatoms. The van der Waals surface area contributed by atoms with Gasteiger partial charge in [0.1, 0.15) is 10.7 Å². The lowest BCUT2D eigenvalue weighted by molar-refractivity contribution is 0.122. The van der Waals surface area contributed by atoms with Crippen molar-refractivity contribution in [1.29, 1.82) is 0 Å². The van der Waals surface area contributed by atoms with E-state index < -0.39 is 10.0 Å². The molecule has 2 aromatic rings. The van der Waals surface area contributed by atoms with Crippen LogP contribution in [0.25, 0.3) is 0 Å². The second-order valence-corrected chi connectivity index (χ2v) is 9.20. The number of hydrogen-bond acceptors (Lipinski definition) is 8. The molecule has 0 N–H and O–H groups in total. The monoisotopic (exact) mass is 428 g/mol. The molecular formula is C20H24N6O3S. The van der Waals surface area contributed by atoms with Crippen molar-refractivity contribution in [3.05, 3.63) is 41.6 Å². The Morgan fingerprint density at radius 2 is 1.60 bits per heavy atom. The zero-order chi connectivity index (χ0) is 20.7. The lowest BCUT2D eigenvalue weighted by Crippen LogP contribution is -2.49. The van der Waals surface area contributed by atoms with Crippen LogP contribution in [0.2, 0.25) is 0 Å². The highest BCUT2D eigenvalue weighted by Crippen LogP contribution is 2.28. The van der Waals surface area contributed by atoms with Crippen LogP contribution in [-0.2, 0) is 14.8 Å². The molecule has 30 heavy (non-hydrogen) atoms. The predicted octanol–water partition coefficient (Wildman–Crippen LogP) is 0.893. The first-order valence-electron chi connectivity index (χ1n) is 10.1. The SMILES string of the molecule is Cc1cc(N2CCOCC2)nc(N2CCN(C3=NS(=O)(=O)c4ccccc43)CC2)n1. The van der Waals surface area contributed by atoms with Crippen LogP contribution in [0.1, 0.15) is 11.3 Å². The Morgan fingerprint density at radius 3 is 2.37 bits per heavy atom. The van der Waals surface area contributed by atoms with Gasteiger partial charge in [-0.25, -0.2) is 4.98 Å². The number of hydrogen-bond donors (Lipinski definition) is 0. The molecule has 3 aliphatic heterocycles. The molecule has 3 aliphatic rings. The number of rotatable bonds is 2. The smallest absolute Gasteiger partial charge is 0.285 e. The molecule has 2 fully saturated rings. The van der Waals surface area contributed by atoms with E-state index in [9.17, 15) is 8.42 Å². The minimum absolute atomic E-state index is 0.291. The summed E-state index contributed by atoms with van der Waals surface area (Å²) in [5, 5.41) is 0. The zero-order valence-electron chi connectivity index (χ0n) is 16.9. The molecule has 0 saturated carbocycles. The van der Waals surface area contributed by atoms with Crippen molar-refractivity contribution in [3.63, 3.8) is 0 Å². The van der Waals surface area contributed by atoms with Crippen LogP contribution in [0.3, 0.4) is 0 Å². The molecule has 4 heterocycles. The second kappa shape index (κ2) is 7.51. The molecule has 158 valence electrons. The number of anilines is 2. The molecule has 0 atom stereocenters. The van der Waals surface area contributed by atoms with Gasteiger partial charge >= 0.3 is 0 Å². The fourth-order valence-electron chi connectivity index (χ4n) is 4.07. The third-order valence-electron chi connectivity index (χ3n) is 5.64. The summed E-state index contributed by atoms with van der Waals surface area (Å²) in [7, 11) is -3.60. The van der Waals surface area contributed by atoms with Crippen molar-refractivity contribution < 1.29 is 13.2 Å². The van der Waals surface area contributed by atoms with Crippen molar-refractivity contribution in [2.45, 2.75) is 11.8 Å². The standard InChI is InChI=1S/C20H24N6O3S/c1-15-14-18(24-10-12-29-13-11-24)22-20(21-15)26-8-6-25(7-9-26)19-16-4-2-3-5-17(16)30(27,28)23-19/h2-5,14H,6-13H2,1H3. The number of piperazine rings is 1. The molecule has 0 amide bonds. The molecule has 1 aromatic heterocycles. The first kappa shape index (κ1) is 19.3. The number of benzene rings is 1. The molecule has 0 unspecified atom stereocenters. The van der Waals surface area contributed by atoms with Crippen LogP contribution in [0.15, 0.2) is 39.6 Å². The van der Waals surface area contributed by atoms with Gasteiger partial charge in [-0.05, 0) is 19.1 Å². The highest BCUT2D eigenvalue weighted by molar-refractivity contribution is 7.90. The van der Waals surface area contributed by atoms with Gasteiger partial charge in [-0.15, -0.1) is 4.40 Å². The van der Waals surface area contributed by atoms with E-state index in [1.165, 1.54) is 0 Å². The van der Waals surface area contributed by atoms with Crippen LogP contribution >= 0.6 is 0 Å². The highest BCUT2D eigenvalue weighted by Gasteiger charge is 2.33. The van der Waals surface area contributed by atoms with Gasteiger partial charge < -0.3 is 19.4 Å². The van der Waals surface area contributed by atoms with E-state index in [1.54, 1.807) is 12.1 Å². The topological polar surface area (TPSA) is 91.2 Å². The lowest BCUT2D eigenvalue weighted by atomic mass is 10.1. The third kappa shape index (κ3) is 3.50. The Kier molecular flexibility index (Phi) is 4.82. The maximum atomic E-state index is 12.4. The molecule has 2 saturated heterocycles. The predicted molar refractivity (Wildman–Crippen MR) is 114 cm³/mol. The van der Waals surface area contributed by atoms with E-state index in [0.29, 0.717) is 55.7 Å². The van der Waals surface area contributed by atoms with Crippen LogP contribution in [0, 0.1) is 6.92 Å². The maximum Gasteiger partial charge on any atom is 0.285 e. The van der Waals surface area contributed by atoms with Gasteiger partial charge in [-0.3, -0.25) is 0 Å². The molecule has 0 radical (unpaired) electrons. The van der Waals surface area contributed by atoms with Crippen molar-refractivity contribution in [3.8, 4) is 0 Å². The van der Waals surface area contributed by atoms with Gasteiger partial charge in [0.05, 0.1) is 13.2 Å². The Balaban J connectivity index is 1.33. The van der Waals surface area contributed by atoms with E-state index in [2.05, 4.69) is 19.2 Å². The minimum atomic E-state index is -3.60. The normalized spacial score (nSPS) is 20.8. The Bertz CT molecular complexity index is 1090. The summed E-state index contributed by atoms with van der Waals surface area (Å²) in [6.07, 6.45) is 0. The zero-order valence-corrected chi connectivity index (χ0v) is 17.7. The number of aromatic nitrogens is 2. The van der Waals surface area contributed by atoms with Crippen molar-refractivity contribution >= 4 is 27.6 Å². The Labute approximate surface area is 176 Å². The summed E-state index contributed by atoms with van der Waals surface area (Å²) in [6, 6.07) is 9.03. The summed E-state index contributed by atoms with van der Waals surface area (Å²) in [4.78, 5) is 16.2. The van der Waals surface area contributed by atoms with Gasteiger partial charge in [0.2, 0.25) is 5.95 Å². The van der Waals surface area contributed by atoms with E-state index in [-0.39, 0.29) is 0 Å². The van der Waals surface area contributed by atoms with Crippen molar-refractivity contribution in [1.82, 2.24) is 14.9 Å². The lowest BCUT2D eigenvalue weighted by Gasteiger charge is -2.36. The second-order valence-electron chi connectivity index (χ2n) is 7.63. The van der Waals surface area contributed by atoms with Gasteiger partial charge in [-0.1, -0.05) is 12.1 Å². The molecule has 9 nitrogen and oxygen atoms in total. The fraction of sp³-hybridized carbons (Fsp3) is 0.450. The van der Waals surface area contributed by atoms with Crippen LogP contribution < -0.4 is 9.80 Å². The van der Waals surface area contributed by atoms with E-state index in [1.807, 2.05) is 30.0 Å². The fourth-order valence-corrected chi connectivity index (χ4v) is 5.29. The molecule has 0 spiro atoms. The van der Waals surface area contributed by atoms with Gasteiger partial charge in [0.15, 0.2) is 5.84 Å².